The third-order valence-corrected chi connectivity index (χ3v) is 4.16. The molecule has 24 heavy (non-hydrogen) atoms. The normalized spacial score (nSPS) is 21.7. The second-order valence-corrected chi connectivity index (χ2v) is 5.82. The number of hydrogen-bond acceptors (Lipinski definition) is 6. The standard InChI is InChI=1S/C16H17N5O3/c1-10(22)18-7-12-9-21(16(23)24-12)11-2-3-14-13(6-11)19-8-15-17-4-5-20(14)15/h2-6,12,19H,7-9H2,1H3,(H,18,22)/q+1/t12-/m0/s1. The van der Waals surface area contributed by atoms with Gasteiger partial charge in [0.25, 0.3) is 5.84 Å². The molecule has 8 nitrogen and oxygen atoms in total. The van der Waals surface area contributed by atoms with Crippen molar-refractivity contribution in [3.63, 3.8) is 0 Å². The first kappa shape index (κ1) is 14.7. The number of aliphatic imine (C=N–C) groups is 1. The first-order valence-electron chi connectivity index (χ1n) is 7.75. The number of benzene rings is 1. The SMILES string of the molecule is CC(=O)NC[C@H]1CN(c2ccc3c(c2)NCC2=NC=C[N+]23)C(=O)O1. The van der Waals surface area contributed by atoms with E-state index in [4.69, 9.17) is 4.74 Å². The number of carbonyl (C=O) groups is 2. The Morgan fingerprint density at radius 1 is 1.54 bits per heavy atom. The Bertz CT molecular complexity index is 773. The molecular weight excluding hydrogens is 310 g/mol. The maximum absolute atomic E-state index is 12.1. The van der Waals surface area contributed by atoms with E-state index >= 15 is 0 Å². The van der Waals surface area contributed by atoms with E-state index in [1.807, 2.05) is 29.3 Å². The van der Waals surface area contributed by atoms with Gasteiger partial charge in [-0.25, -0.2) is 4.79 Å². The van der Waals surface area contributed by atoms with E-state index in [-0.39, 0.29) is 12.0 Å². The molecule has 0 bridgehead atoms. The molecule has 0 spiro atoms. The number of anilines is 3. The monoisotopic (exact) mass is 327 g/mol. The van der Waals surface area contributed by atoms with Crippen LogP contribution in [0, 0.1) is 0 Å². The van der Waals surface area contributed by atoms with Crippen LogP contribution < -0.4 is 20.4 Å². The number of fused-ring (bicyclic) bond motifs is 3. The smallest absolute Gasteiger partial charge is 0.414 e. The van der Waals surface area contributed by atoms with Gasteiger partial charge >= 0.3 is 6.09 Å². The molecule has 8 heteroatoms. The van der Waals surface area contributed by atoms with Gasteiger partial charge < -0.3 is 15.4 Å². The number of nitrogens with zero attached hydrogens (tertiary/aromatic N) is 3. The van der Waals surface area contributed by atoms with E-state index < -0.39 is 6.09 Å². The lowest BCUT2D eigenvalue weighted by Gasteiger charge is -2.20. The van der Waals surface area contributed by atoms with Crippen molar-refractivity contribution < 1.29 is 14.3 Å². The van der Waals surface area contributed by atoms with Crippen molar-refractivity contribution in [2.24, 2.45) is 4.99 Å². The van der Waals surface area contributed by atoms with E-state index in [1.165, 1.54) is 6.92 Å². The van der Waals surface area contributed by atoms with Crippen LogP contribution in [0.1, 0.15) is 6.92 Å². The minimum Gasteiger partial charge on any atom is -0.442 e. The molecule has 0 unspecified atom stereocenters. The van der Waals surface area contributed by atoms with Gasteiger partial charge in [0.05, 0.1) is 19.3 Å². The average Bonchev–Trinajstić information content (AvgIpc) is 3.18. The van der Waals surface area contributed by atoms with Crippen LogP contribution in [0.15, 0.2) is 35.6 Å². The van der Waals surface area contributed by atoms with Crippen LogP contribution in [0.2, 0.25) is 0 Å². The number of nitrogens with one attached hydrogen (secondary N) is 2. The molecule has 123 valence electrons. The van der Waals surface area contributed by atoms with Crippen LogP contribution >= 0.6 is 0 Å². The molecule has 0 aliphatic carbocycles. The number of amides is 2. The highest BCUT2D eigenvalue weighted by Crippen LogP contribution is 2.35. The highest BCUT2D eigenvalue weighted by atomic mass is 16.6. The first-order chi connectivity index (χ1) is 11.6. The summed E-state index contributed by atoms with van der Waals surface area (Å²) >= 11 is 0. The minimum atomic E-state index is -0.399. The van der Waals surface area contributed by atoms with E-state index in [1.54, 1.807) is 11.1 Å². The fraction of sp³-hybridized carbons (Fsp3) is 0.312. The van der Waals surface area contributed by atoms with Crippen LogP contribution in [-0.4, -0.2) is 43.6 Å². The molecule has 0 aromatic heterocycles. The number of carbonyl (C=O) groups excluding carboxylic acids is 2. The molecule has 2 N–H and O–H groups in total. The Hall–Kier alpha value is -2.87. The Morgan fingerprint density at radius 3 is 3.25 bits per heavy atom. The molecule has 1 fully saturated rings. The van der Waals surface area contributed by atoms with Gasteiger partial charge in [0.1, 0.15) is 18.3 Å². The largest absolute Gasteiger partial charge is 0.442 e. The highest BCUT2D eigenvalue weighted by molar-refractivity contribution is 6.02. The van der Waals surface area contributed by atoms with Crippen molar-refractivity contribution in [1.82, 2.24) is 10.2 Å². The summed E-state index contributed by atoms with van der Waals surface area (Å²) in [5, 5.41) is 5.99. The molecule has 0 saturated carbocycles. The third-order valence-electron chi connectivity index (χ3n) is 4.16. The fourth-order valence-corrected chi connectivity index (χ4v) is 3.00. The number of cyclic esters (lactones) is 1. The van der Waals surface area contributed by atoms with Crippen LogP contribution in [0.4, 0.5) is 21.9 Å². The van der Waals surface area contributed by atoms with Gasteiger partial charge in [0.15, 0.2) is 6.20 Å². The van der Waals surface area contributed by atoms with Crippen molar-refractivity contribution in [1.29, 1.82) is 0 Å². The van der Waals surface area contributed by atoms with Gasteiger partial charge in [-0.1, -0.05) is 0 Å². The summed E-state index contributed by atoms with van der Waals surface area (Å²) in [6, 6.07) is 5.77. The summed E-state index contributed by atoms with van der Waals surface area (Å²) in [7, 11) is 0. The maximum Gasteiger partial charge on any atom is 0.414 e. The Kier molecular flexibility index (Phi) is 3.46. The lowest BCUT2D eigenvalue weighted by molar-refractivity contribution is -0.119. The van der Waals surface area contributed by atoms with Crippen LogP contribution in [0.25, 0.3) is 0 Å². The summed E-state index contributed by atoms with van der Waals surface area (Å²) in [6.45, 7) is 2.81. The van der Waals surface area contributed by atoms with E-state index in [0.717, 1.165) is 22.9 Å². The molecule has 1 atom stereocenters. The van der Waals surface area contributed by atoms with Crippen molar-refractivity contribution in [2.45, 2.75) is 13.0 Å². The van der Waals surface area contributed by atoms with Crippen LogP contribution in [0.3, 0.4) is 0 Å². The molecule has 1 aromatic rings. The summed E-state index contributed by atoms with van der Waals surface area (Å²) in [5.74, 6) is 0.810. The van der Waals surface area contributed by atoms with Crippen LogP contribution in [-0.2, 0) is 9.53 Å². The lowest BCUT2D eigenvalue weighted by Crippen LogP contribution is -2.35. The molecule has 3 heterocycles. The van der Waals surface area contributed by atoms with Crippen molar-refractivity contribution in [3.05, 3.63) is 30.6 Å². The number of ether oxygens (including phenoxy) is 1. The highest BCUT2D eigenvalue weighted by Gasteiger charge is 2.37. The Balaban J connectivity index is 1.53. The fourth-order valence-electron chi connectivity index (χ4n) is 3.00. The zero-order chi connectivity index (χ0) is 16.7. The quantitative estimate of drug-likeness (QED) is 0.817. The Morgan fingerprint density at radius 2 is 2.42 bits per heavy atom. The molecule has 2 amide bonds. The van der Waals surface area contributed by atoms with E-state index in [9.17, 15) is 9.59 Å². The average molecular weight is 327 g/mol. The number of amidine groups is 1. The van der Waals surface area contributed by atoms with Crippen LogP contribution in [0.5, 0.6) is 0 Å². The van der Waals surface area contributed by atoms with Crippen molar-refractivity contribution in [3.8, 4) is 0 Å². The molecule has 3 aliphatic heterocycles. The molecule has 1 saturated heterocycles. The number of rotatable bonds is 3. The third kappa shape index (κ3) is 2.50. The molecule has 4 rings (SSSR count). The topological polar surface area (TPSA) is 88.9 Å². The molecular formula is C16H17N5O3+. The zero-order valence-corrected chi connectivity index (χ0v) is 13.2. The van der Waals surface area contributed by atoms with Gasteiger partial charge in [0, 0.05) is 18.7 Å². The van der Waals surface area contributed by atoms with E-state index in [0.29, 0.717) is 19.6 Å². The van der Waals surface area contributed by atoms with Gasteiger partial charge in [-0.2, -0.15) is 4.99 Å². The van der Waals surface area contributed by atoms with Gasteiger partial charge in [-0.3, -0.25) is 9.69 Å². The number of hydrogen-bond donors (Lipinski definition) is 2. The maximum atomic E-state index is 12.1. The van der Waals surface area contributed by atoms with Gasteiger partial charge in [-0.05, 0) is 17.0 Å². The Labute approximate surface area is 138 Å². The summed E-state index contributed by atoms with van der Waals surface area (Å²) in [4.78, 5) is 31.0. The lowest BCUT2D eigenvalue weighted by atomic mass is 10.1. The van der Waals surface area contributed by atoms with Gasteiger partial charge in [-0.15, -0.1) is 0 Å². The molecule has 1 aromatic carbocycles. The predicted octanol–water partition coefficient (Wildman–Crippen LogP) is 1.23. The van der Waals surface area contributed by atoms with Gasteiger partial charge in [0.2, 0.25) is 11.6 Å². The van der Waals surface area contributed by atoms with Crippen molar-refractivity contribution >= 4 is 34.9 Å². The van der Waals surface area contributed by atoms with Crippen molar-refractivity contribution in [2.75, 3.05) is 29.9 Å². The molecule has 3 aliphatic rings. The second kappa shape index (κ2) is 5.64. The minimum absolute atomic E-state index is 0.140. The van der Waals surface area contributed by atoms with E-state index in [2.05, 4.69) is 15.6 Å². The molecule has 1 radical (unpaired) electrons. The predicted molar refractivity (Wildman–Crippen MR) is 89.6 cm³/mol. The first-order valence-corrected chi connectivity index (χ1v) is 7.75. The summed E-state index contributed by atoms with van der Waals surface area (Å²) in [6.07, 6.45) is 2.95. The summed E-state index contributed by atoms with van der Waals surface area (Å²) in [5.41, 5.74) is 2.70. The summed E-state index contributed by atoms with van der Waals surface area (Å²) < 4.78 is 5.30. The zero-order valence-electron chi connectivity index (χ0n) is 13.2. The second-order valence-electron chi connectivity index (χ2n) is 5.82.